The fraction of sp³-hybridized carbons (Fsp3) is 0.433. The van der Waals surface area contributed by atoms with Crippen LogP contribution in [0, 0.1) is 0 Å². The van der Waals surface area contributed by atoms with E-state index in [-0.39, 0.29) is 6.54 Å². The van der Waals surface area contributed by atoms with Crippen molar-refractivity contribution in [2.45, 2.75) is 56.9 Å². The van der Waals surface area contributed by atoms with Gasteiger partial charge in [0, 0.05) is 25.5 Å². The van der Waals surface area contributed by atoms with Crippen molar-refractivity contribution in [3.8, 4) is 0 Å². The Balaban J connectivity index is 1.43. The number of ketones is 1. The normalized spacial score (nSPS) is 42.1. The Labute approximate surface area is 285 Å². The molecule has 6 fully saturated rings. The number of fused-ring (bicyclic) bond motifs is 11. The van der Waals surface area contributed by atoms with Gasteiger partial charge in [0.05, 0.1) is 17.4 Å². The number of hydrogen-bond donors (Lipinski definition) is 5. The lowest BCUT2D eigenvalue weighted by molar-refractivity contribution is -0.169. The van der Waals surface area contributed by atoms with E-state index in [1.165, 1.54) is 35.7 Å². The molecule has 9 atom stereocenters. The largest absolute Gasteiger partial charge is 0.388 e. The van der Waals surface area contributed by atoms with Crippen molar-refractivity contribution < 1.29 is 34.2 Å². The summed E-state index contributed by atoms with van der Waals surface area (Å²) in [4.78, 5) is 70.4. The summed E-state index contributed by atoms with van der Waals surface area (Å²) in [6.45, 7) is 1.00. The van der Waals surface area contributed by atoms with Crippen molar-refractivity contribution in [2.24, 2.45) is 0 Å². The maximum atomic E-state index is 14.8. The number of aliphatic hydroxyl groups is 2. The molecule has 8 aliphatic heterocycles. The van der Waals surface area contributed by atoms with Gasteiger partial charge in [-0.15, -0.1) is 11.7 Å². The quantitative estimate of drug-likeness (QED) is 0.169. The van der Waals surface area contributed by atoms with Gasteiger partial charge in [0.15, 0.2) is 5.78 Å². The first-order valence-corrected chi connectivity index (χ1v) is 18.9. The van der Waals surface area contributed by atoms with E-state index in [1.54, 1.807) is 48.5 Å². The van der Waals surface area contributed by atoms with Gasteiger partial charge in [-0.25, -0.2) is 0 Å². The highest BCUT2D eigenvalue weighted by Gasteiger charge is 2.92. The molecule has 4 amide bonds. The summed E-state index contributed by atoms with van der Waals surface area (Å²) in [6.07, 6.45) is -5.81. The van der Waals surface area contributed by atoms with Gasteiger partial charge in [-0.3, -0.25) is 33.8 Å². The van der Waals surface area contributed by atoms with Crippen LogP contribution in [0.2, 0.25) is 0 Å². The van der Waals surface area contributed by atoms with Gasteiger partial charge in [0.25, 0.3) is 17.7 Å². The van der Waals surface area contributed by atoms with E-state index in [9.17, 15) is 34.2 Å². The standard InChI is InChI=1S/C30H28N6O7S4/c1-13(37)28-25(43)36-22-27(15-9-5-7-11-17(15)32-22,20(40)30(36,47-46-28)24(42)34(28)3)26-14-8-4-6-10-16(14)31-21(26)35-18(38)12-33(2)23(41)29(35,45-44)19(26)39/h4-11,19-22,31-32,39-40,44H,12H2,1-3H3/t19-,20+,21-,22-,26+,27-,28?,29+,30+/m1/s1. The number of benzene rings is 2. The van der Waals surface area contributed by atoms with Crippen molar-refractivity contribution in [2.75, 3.05) is 31.3 Å². The van der Waals surface area contributed by atoms with E-state index in [1.807, 2.05) is 0 Å². The predicted octanol–water partition coefficient (Wildman–Crippen LogP) is 0.367. The van der Waals surface area contributed by atoms with Crippen LogP contribution in [0.5, 0.6) is 0 Å². The highest BCUT2D eigenvalue weighted by molar-refractivity contribution is 8.78. The Morgan fingerprint density at radius 2 is 1.40 bits per heavy atom. The van der Waals surface area contributed by atoms with Crippen LogP contribution in [0.1, 0.15) is 18.1 Å². The summed E-state index contributed by atoms with van der Waals surface area (Å²) in [6, 6.07) is 14.2. The first-order chi connectivity index (χ1) is 22.4. The third kappa shape index (κ3) is 2.67. The van der Waals surface area contributed by atoms with Crippen LogP contribution in [0.3, 0.4) is 0 Å². The highest BCUT2D eigenvalue weighted by atomic mass is 33.1. The number of rotatable bonds is 3. The Kier molecular flexibility index (Phi) is 5.70. The zero-order valence-corrected chi connectivity index (χ0v) is 28.4. The fourth-order valence-corrected chi connectivity index (χ4v) is 15.2. The third-order valence-corrected chi connectivity index (χ3v) is 16.9. The van der Waals surface area contributed by atoms with Crippen molar-refractivity contribution in [3.63, 3.8) is 0 Å². The lowest BCUT2D eigenvalue weighted by Crippen LogP contribution is -2.79. The lowest BCUT2D eigenvalue weighted by Gasteiger charge is -2.57. The van der Waals surface area contributed by atoms with Crippen LogP contribution in [0.15, 0.2) is 48.5 Å². The molecular formula is C30H28N6O7S4. The third-order valence-electron chi connectivity index (χ3n) is 11.5. The van der Waals surface area contributed by atoms with Gasteiger partial charge in [0.2, 0.25) is 20.5 Å². The molecular weight excluding hydrogens is 685 g/mol. The SMILES string of the molecule is CC(=O)C12SS[C@]3(C(=O)N1C)[C@@H](O)[C@]1([C@]45c6ccccc6N[C@@H]4N4C(=O)CN(C)C(=O)[C@@]4(SS)[C@@H]5O)c4ccccc4N[C@@H]1N3C2=O. The number of anilines is 2. The Hall–Kier alpha value is -3.09. The van der Waals surface area contributed by atoms with Crippen molar-refractivity contribution >= 4 is 84.8 Å². The average Bonchev–Trinajstić information content (AvgIpc) is 3.70. The van der Waals surface area contributed by atoms with Crippen LogP contribution in [0.25, 0.3) is 0 Å². The number of para-hydroxylation sites is 2. The topological polar surface area (TPSA) is 163 Å². The van der Waals surface area contributed by atoms with Crippen LogP contribution >= 0.6 is 44.0 Å². The molecule has 10 rings (SSSR count). The number of hydrogen-bond acceptors (Lipinski definition) is 13. The summed E-state index contributed by atoms with van der Waals surface area (Å²) in [5.74, 6) is -2.87. The highest BCUT2D eigenvalue weighted by Crippen LogP contribution is 2.76. The zero-order chi connectivity index (χ0) is 33.2. The second kappa shape index (κ2) is 8.92. The molecule has 2 bridgehead atoms. The van der Waals surface area contributed by atoms with Gasteiger partial charge in [-0.05, 0) is 51.8 Å². The van der Waals surface area contributed by atoms with Gasteiger partial charge in [-0.1, -0.05) is 47.2 Å². The smallest absolute Gasteiger partial charge is 0.271 e. The summed E-state index contributed by atoms with van der Waals surface area (Å²) in [5, 5.41) is 33.3. The van der Waals surface area contributed by atoms with E-state index in [4.69, 9.17) is 0 Å². The van der Waals surface area contributed by atoms with Crippen LogP contribution in [-0.2, 0) is 34.8 Å². The number of amides is 4. The summed E-state index contributed by atoms with van der Waals surface area (Å²) >= 11 is 4.53. The van der Waals surface area contributed by atoms with Gasteiger partial charge < -0.3 is 30.6 Å². The number of likely N-dealkylation sites (N-methyl/N-ethyl adjacent to an activating group) is 2. The maximum absolute atomic E-state index is 14.8. The number of Topliss-reactive ketones (excluding diaryl/α,β-unsaturated/α-hetero) is 1. The van der Waals surface area contributed by atoms with Crippen LogP contribution in [-0.4, -0.2) is 119 Å². The molecule has 0 aromatic heterocycles. The first kappa shape index (κ1) is 30.0. The maximum Gasteiger partial charge on any atom is 0.271 e. The molecule has 13 nitrogen and oxygen atoms in total. The summed E-state index contributed by atoms with van der Waals surface area (Å²) in [5.41, 5.74) is -1.47. The van der Waals surface area contributed by atoms with Crippen LogP contribution < -0.4 is 10.6 Å². The molecule has 8 heterocycles. The van der Waals surface area contributed by atoms with Crippen molar-refractivity contribution in [1.29, 1.82) is 0 Å². The van der Waals surface area contributed by atoms with E-state index in [0.717, 1.165) is 37.3 Å². The lowest BCUT2D eigenvalue weighted by atomic mass is 9.52. The predicted molar refractivity (Wildman–Crippen MR) is 178 cm³/mol. The molecule has 17 heteroatoms. The molecule has 0 saturated carbocycles. The van der Waals surface area contributed by atoms with Gasteiger partial charge >= 0.3 is 0 Å². The van der Waals surface area contributed by atoms with E-state index < -0.39 is 79.4 Å². The molecule has 6 saturated heterocycles. The number of piperazine rings is 2. The van der Waals surface area contributed by atoms with Crippen LogP contribution in [0.4, 0.5) is 11.4 Å². The Morgan fingerprint density at radius 1 is 0.851 bits per heavy atom. The van der Waals surface area contributed by atoms with Gasteiger partial charge in [0.1, 0.15) is 24.5 Å². The number of nitrogens with zero attached hydrogens (tertiary/aromatic N) is 4. The molecule has 0 radical (unpaired) electrons. The van der Waals surface area contributed by atoms with E-state index in [2.05, 4.69) is 22.3 Å². The van der Waals surface area contributed by atoms with Gasteiger partial charge in [-0.2, -0.15) is 0 Å². The molecule has 4 N–H and O–H groups in total. The summed E-state index contributed by atoms with van der Waals surface area (Å²) < 4.78 is 0. The van der Waals surface area contributed by atoms with E-state index in [0.29, 0.717) is 22.5 Å². The monoisotopic (exact) mass is 712 g/mol. The minimum atomic E-state index is -1.96. The zero-order valence-electron chi connectivity index (χ0n) is 25.0. The molecule has 2 aromatic rings. The Morgan fingerprint density at radius 3 is 1.98 bits per heavy atom. The van der Waals surface area contributed by atoms with Crippen molar-refractivity contribution in [3.05, 3.63) is 59.7 Å². The van der Waals surface area contributed by atoms with E-state index >= 15 is 0 Å². The second-order valence-electron chi connectivity index (χ2n) is 13.0. The second-order valence-corrected chi connectivity index (χ2v) is 16.9. The molecule has 1 unspecified atom stereocenters. The number of carbonyl (C=O) groups is 5. The number of thiol groups is 1. The molecule has 8 aliphatic rings. The molecule has 47 heavy (non-hydrogen) atoms. The molecule has 244 valence electrons. The average molecular weight is 713 g/mol. The number of carbonyl (C=O) groups excluding carboxylic acids is 5. The molecule has 0 aliphatic carbocycles. The first-order valence-electron chi connectivity index (χ1n) is 14.9. The van der Waals surface area contributed by atoms with Crippen molar-refractivity contribution in [1.82, 2.24) is 19.6 Å². The summed E-state index contributed by atoms with van der Waals surface area (Å²) in [7, 11) is 5.50. The Bertz CT molecular complexity index is 1900. The number of nitrogens with one attached hydrogen (secondary N) is 2. The minimum Gasteiger partial charge on any atom is -0.388 e. The fourth-order valence-electron chi connectivity index (χ4n) is 9.77. The molecule has 1 spiro atoms. The molecule has 2 aromatic carbocycles. The minimum absolute atomic E-state index is 0.258. The number of aliphatic hydroxyl groups excluding tert-OH is 2.